The Morgan fingerprint density at radius 3 is 3.00 bits per heavy atom. The summed E-state index contributed by atoms with van der Waals surface area (Å²) in [5.74, 6) is 0.296. The van der Waals surface area contributed by atoms with E-state index in [1.807, 2.05) is 23.1 Å². The molecule has 0 radical (unpaired) electrons. The third kappa shape index (κ3) is 5.61. The van der Waals surface area contributed by atoms with Gasteiger partial charge in [0.05, 0.1) is 24.8 Å². The lowest BCUT2D eigenvalue weighted by Gasteiger charge is -2.29. The maximum Gasteiger partial charge on any atom is 0.227 e. The van der Waals surface area contributed by atoms with Crippen molar-refractivity contribution < 1.29 is 9.53 Å². The third-order valence-electron chi connectivity index (χ3n) is 3.60. The predicted octanol–water partition coefficient (Wildman–Crippen LogP) is 1.48. The van der Waals surface area contributed by atoms with Gasteiger partial charge in [0.25, 0.3) is 0 Å². The first-order chi connectivity index (χ1) is 9.81. The summed E-state index contributed by atoms with van der Waals surface area (Å²) in [6, 6.07) is 5.78. The monoisotopic (exact) mass is 313 g/mol. The number of carbonyl (C=O) groups is 1. The number of nitrogens with zero attached hydrogens (tertiary/aromatic N) is 2. The Morgan fingerprint density at radius 2 is 2.38 bits per heavy atom. The highest BCUT2D eigenvalue weighted by Crippen LogP contribution is 2.15. The van der Waals surface area contributed by atoms with Crippen molar-refractivity contribution in [2.45, 2.75) is 19.4 Å². The van der Waals surface area contributed by atoms with Crippen LogP contribution in [0.15, 0.2) is 24.4 Å². The molecule has 0 saturated carbocycles. The fraction of sp³-hybridized carbons (Fsp3) is 0.600. The topological polar surface area (TPSA) is 54.5 Å². The summed E-state index contributed by atoms with van der Waals surface area (Å²) in [6.45, 7) is 3.52. The first-order valence-electron chi connectivity index (χ1n) is 7.19. The second-order valence-electron chi connectivity index (χ2n) is 5.12. The molecule has 2 rings (SSSR count). The quantitative estimate of drug-likeness (QED) is 0.864. The number of rotatable bonds is 6. The summed E-state index contributed by atoms with van der Waals surface area (Å²) >= 11 is 0. The van der Waals surface area contributed by atoms with Crippen molar-refractivity contribution in [3.05, 3.63) is 30.1 Å². The number of halogens is 1. The molecule has 1 aliphatic heterocycles. The van der Waals surface area contributed by atoms with Crippen molar-refractivity contribution >= 4 is 18.3 Å². The lowest BCUT2D eigenvalue weighted by Crippen LogP contribution is -2.44. The number of pyridine rings is 1. The number of ether oxygens (including phenoxy) is 1. The van der Waals surface area contributed by atoms with Crippen molar-refractivity contribution in [3.63, 3.8) is 0 Å². The van der Waals surface area contributed by atoms with Gasteiger partial charge in [0.2, 0.25) is 5.91 Å². The molecule has 5 nitrogen and oxygen atoms in total. The van der Waals surface area contributed by atoms with Gasteiger partial charge in [-0.3, -0.25) is 9.78 Å². The zero-order valence-corrected chi connectivity index (χ0v) is 13.3. The van der Waals surface area contributed by atoms with E-state index in [1.165, 1.54) is 0 Å². The standard InChI is InChI=1S/C15H23N3O2.ClH/c1-20-10-9-18(12-14-6-2-3-8-17-14)15(19)13-5-4-7-16-11-13;/h2-3,6,8,13,16H,4-5,7,9-12H2,1H3;1H/t13-;/m1./s1. The number of methoxy groups -OCH3 is 1. The van der Waals surface area contributed by atoms with Crippen molar-refractivity contribution in [1.82, 2.24) is 15.2 Å². The molecule has 1 aliphatic rings. The average molecular weight is 314 g/mol. The molecule has 0 unspecified atom stereocenters. The molecule has 1 N–H and O–H groups in total. The third-order valence-corrected chi connectivity index (χ3v) is 3.60. The summed E-state index contributed by atoms with van der Waals surface area (Å²) in [7, 11) is 1.66. The van der Waals surface area contributed by atoms with Gasteiger partial charge in [0.1, 0.15) is 0 Å². The summed E-state index contributed by atoms with van der Waals surface area (Å²) in [5.41, 5.74) is 0.917. The van der Waals surface area contributed by atoms with Gasteiger partial charge in [0, 0.05) is 26.4 Å². The lowest BCUT2D eigenvalue weighted by molar-refractivity contribution is -0.137. The normalized spacial score (nSPS) is 17.9. The van der Waals surface area contributed by atoms with Crippen molar-refractivity contribution in [3.8, 4) is 0 Å². The van der Waals surface area contributed by atoms with Crippen molar-refractivity contribution in [2.24, 2.45) is 5.92 Å². The van der Waals surface area contributed by atoms with Gasteiger partial charge in [-0.2, -0.15) is 0 Å². The minimum absolute atomic E-state index is 0. The zero-order chi connectivity index (χ0) is 14.2. The molecule has 1 fully saturated rings. The first-order valence-corrected chi connectivity index (χ1v) is 7.19. The van der Waals surface area contributed by atoms with Crippen molar-refractivity contribution in [1.29, 1.82) is 0 Å². The van der Waals surface area contributed by atoms with Crippen LogP contribution in [0, 0.1) is 5.92 Å². The largest absolute Gasteiger partial charge is 0.383 e. The number of carbonyl (C=O) groups excluding carboxylic acids is 1. The van der Waals surface area contributed by atoms with Gasteiger partial charge >= 0.3 is 0 Å². The highest BCUT2D eigenvalue weighted by Gasteiger charge is 2.25. The molecule has 1 amide bonds. The summed E-state index contributed by atoms with van der Waals surface area (Å²) in [5, 5.41) is 3.30. The van der Waals surface area contributed by atoms with Crippen LogP contribution in [0.1, 0.15) is 18.5 Å². The number of nitrogens with one attached hydrogen (secondary N) is 1. The first kappa shape index (κ1) is 17.9. The fourth-order valence-electron chi connectivity index (χ4n) is 2.48. The van der Waals surface area contributed by atoms with Gasteiger partial charge in [-0.05, 0) is 31.5 Å². The molecule has 21 heavy (non-hydrogen) atoms. The summed E-state index contributed by atoms with van der Waals surface area (Å²) < 4.78 is 5.12. The van der Waals surface area contributed by atoms with Gasteiger partial charge in [0.15, 0.2) is 0 Å². The van der Waals surface area contributed by atoms with E-state index in [9.17, 15) is 4.79 Å². The Morgan fingerprint density at radius 1 is 1.52 bits per heavy atom. The Kier molecular flexibility index (Phi) is 8.27. The van der Waals surface area contributed by atoms with E-state index < -0.39 is 0 Å². The molecule has 118 valence electrons. The van der Waals surface area contributed by atoms with Gasteiger partial charge in [-0.25, -0.2) is 0 Å². The summed E-state index contributed by atoms with van der Waals surface area (Å²) in [4.78, 5) is 18.8. The fourth-order valence-corrected chi connectivity index (χ4v) is 2.48. The minimum Gasteiger partial charge on any atom is -0.383 e. The Bertz CT molecular complexity index is 411. The van der Waals surface area contributed by atoms with Crippen LogP contribution in [0.25, 0.3) is 0 Å². The maximum absolute atomic E-state index is 12.6. The van der Waals surface area contributed by atoms with Crippen LogP contribution in [0.2, 0.25) is 0 Å². The zero-order valence-electron chi connectivity index (χ0n) is 12.5. The van der Waals surface area contributed by atoms with Crippen LogP contribution < -0.4 is 5.32 Å². The number of hydrogen-bond donors (Lipinski definition) is 1. The van der Waals surface area contributed by atoms with E-state index in [4.69, 9.17) is 4.74 Å². The maximum atomic E-state index is 12.6. The van der Waals surface area contributed by atoms with Crippen LogP contribution in [0.3, 0.4) is 0 Å². The van der Waals surface area contributed by atoms with Crippen molar-refractivity contribution in [2.75, 3.05) is 33.4 Å². The molecular formula is C15H24ClN3O2. The van der Waals surface area contributed by atoms with Crippen LogP contribution in [-0.2, 0) is 16.1 Å². The van der Waals surface area contributed by atoms with Crippen LogP contribution in [0.5, 0.6) is 0 Å². The van der Waals surface area contributed by atoms with E-state index in [0.717, 1.165) is 31.6 Å². The Labute approximate surface area is 132 Å². The molecular weight excluding hydrogens is 290 g/mol. The number of aromatic nitrogens is 1. The molecule has 1 atom stereocenters. The average Bonchev–Trinajstić information content (AvgIpc) is 2.52. The number of piperidine rings is 1. The van der Waals surface area contributed by atoms with Gasteiger partial charge in [-0.1, -0.05) is 6.07 Å². The Hall–Kier alpha value is -1.17. The van der Waals surface area contributed by atoms with E-state index >= 15 is 0 Å². The van der Waals surface area contributed by atoms with E-state index in [1.54, 1.807) is 13.3 Å². The second-order valence-corrected chi connectivity index (χ2v) is 5.12. The van der Waals surface area contributed by atoms with Gasteiger partial charge < -0.3 is 15.0 Å². The van der Waals surface area contributed by atoms with E-state index in [2.05, 4.69) is 10.3 Å². The molecule has 1 saturated heterocycles. The molecule has 2 heterocycles. The molecule has 0 bridgehead atoms. The molecule has 1 aromatic rings. The lowest BCUT2D eigenvalue weighted by atomic mass is 9.98. The molecule has 0 spiro atoms. The van der Waals surface area contributed by atoms with Crippen LogP contribution in [-0.4, -0.2) is 49.1 Å². The second kappa shape index (κ2) is 9.71. The van der Waals surface area contributed by atoms with Crippen LogP contribution >= 0.6 is 12.4 Å². The predicted molar refractivity (Wildman–Crippen MR) is 84.4 cm³/mol. The number of hydrogen-bond acceptors (Lipinski definition) is 4. The Balaban J connectivity index is 0.00000220. The van der Waals surface area contributed by atoms with E-state index in [-0.39, 0.29) is 24.2 Å². The molecule has 1 aromatic heterocycles. The van der Waals surface area contributed by atoms with Crippen LogP contribution in [0.4, 0.5) is 0 Å². The smallest absolute Gasteiger partial charge is 0.227 e. The summed E-state index contributed by atoms with van der Waals surface area (Å²) in [6.07, 6.45) is 3.80. The highest BCUT2D eigenvalue weighted by atomic mass is 35.5. The minimum atomic E-state index is 0. The van der Waals surface area contributed by atoms with Gasteiger partial charge in [-0.15, -0.1) is 12.4 Å². The molecule has 0 aromatic carbocycles. The number of amides is 1. The highest BCUT2D eigenvalue weighted by molar-refractivity contribution is 5.85. The van der Waals surface area contributed by atoms with E-state index in [0.29, 0.717) is 19.7 Å². The molecule has 0 aliphatic carbocycles. The molecule has 6 heteroatoms. The SMILES string of the molecule is COCCN(Cc1ccccn1)C(=O)[C@@H]1CCCNC1.Cl.